The van der Waals surface area contributed by atoms with Crippen molar-refractivity contribution in [2.24, 2.45) is 0 Å². The SMILES string of the molecule is COc1cc(B2OC(C)(C)C(C)(C)O2)c(Br)cn1. The van der Waals surface area contributed by atoms with Gasteiger partial charge in [-0.3, -0.25) is 0 Å². The Balaban J connectivity index is 2.34. The zero-order valence-corrected chi connectivity index (χ0v) is 12.9. The van der Waals surface area contributed by atoms with Crippen LogP contribution < -0.4 is 10.2 Å². The first-order chi connectivity index (χ1) is 8.27. The molecule has 0 unspecified atom stereocenters. The normalized spacial score (nSPS) is 21.1. The monoisotopic (exact) mass is 313 g/mol. The van der Waals surface area contributed by atoms with Crippen LogP contribution in [0.2, 0.25) is 0 Å². The molecular formula is C12H17BBrNO3. The molecule has 1 saturated heterocycles. The molecule has 0 radical (unpaired) electrons. The Morgan fingerprint density at radius 2 is 1.78 bits per heavy atom. The van der Waals surface area contributed by atoms with Crippen molar-refractivity contribution in [1.82, 2.24) is 4.98 Å². The smallest absolute Gasteiger partial charge is 0.481 e. The summed E-state index contributed by atoms with van der Waals surface area (Å²) in [5.74, 6) is 0.544. The van der Waals surface area contributed by atoms with Crippen LogP contribution in [0.5, 0.6) is 5.88 Å². The lowest BCUT2D eigenvalue weighted by Gasteiger charge is -2.32. The standard InChI is InChI=1S/C12H17BBrNO3/c1-11(2)12(3,4)18-13(17-11)8-6-10(16-5)15-7-9(8)14/h6-7H,1-5H3. The molecule has 1 fully saturated rings. The summed E-state index contributed by atoms with van der Waals surface area (Å²) in [7, 11) is 1.17. The maximum Gasteiger partial charge on any atom is 0.496 e. The van der Waals surface area contributed by atoms with Crippen molar-refractivity contribution in [3.8, 4) is 5.88 Å². The van der Waals surface area contributed by atoms with E-state index in [0.29, 0.717) is 5.88 Å². The fraction of sp³-hybridized carbons (Fsp3) is 0.583. The number of nitrogens with zero attached hydrogens (tertiary/aromatic N) is 1. The van der Waals surface area contributed by atoms with Crippen molar-refractivity contribution >= 4 is 28.5 Å². The molecule has 0 saturated carbocycles. The fourth-order valence-corrected chi connectivity index (χ4v) is 2.10. The average molecular weight is 314 g/mol. The third kappa shape index (κ3) is 2.29. The van der Waals surface area contributed by atoms with Gasteiger partial charge in [-0.1, -0.05) is 0 Å². The summed E-state index contributed by atoms with van der Waals surface area (Å²) in [5, 5.41) is 0. The molecule has 18 heavy (non-hydrogen) atoms. The summed E-state index contributed by atoms with van der Waals surface area (Å²) in [6, 6.07) is 1.83. The van der Waals surface area contributed by atoms with Crippen LogP contribution in [0, 0.1) is 0 Å². The summed E-state index contributed by atoms with van der Waals surface area (Å²) in [5.41, 5.74) is 0.182. The van der Waals surface area contributed by atoms with E-state index in [2.05, 4.69) is 20.9 Å². The van der Waals surface area contributed by atoms with Crippen molar-refractivity contribution in [1.29, 1.82) is 0 Å². The van der Waals surface area contributed by atoms with Gasteiger partial charge in [0, 0.05) is 22.2 Å². The van der Waals surface area contributed by atoms with Gasteiger partial charge in [-0.2, -0.15) is 0 Å². The predicted molar refractivity (Wildman–Crippen MR) is 74.2 cm³/mol. The number of hydrogen-bond donors (Lipinski definition) is 0. The number of ether oxygens (including phenoxy) is 1. The Morgan fingerprint density at radius 1 is 1.22 bits per heavy atom. The Morgan fingerprint density at radius 3 is 2.28 bits per heavy atom. The second-order valence-electron chi connectivity index (χ2n) is 5.34. The lowest BCUT2D eigenvalue weighted by atomic mass is 9.80. The first kappa shape index (κ1) is 13.8. The van der Waals surface area contributed by atoms with Gasteiger partial charge in [-0.25, -0.2) is 4.98 Å². The molecule has 98 valence electrons. The second kappa shape index (κ2) is 4.51. The van der Waals surface area contributed by atoms with Gasteiger partial charge < -0.3 is 14.0 Å². The Labute approximate surface area is 116 Å². The fourth-order valence-electron chi connectivity index (χ4n) is 1.70. The number of aromatic nitrogens is 1. The van der Waals surface area contributed by atoms with Gasteiger partial charge >= 0.3 is 7.12 Å². The van der Waals surface area contributed by atoms with Crippen LogP contribution in [0.15, 0.2) is 16.7 Å². The topological polar surface area (TPSA) is 40.6 Å². The Hall–Kier alpha value is -0.585. The molecule has 1 aromatic heterocycles. The molecule has 6 heteroatoms. The number of rotatable bonds is 2. The van der Waals surface area contributed by atoms with Gasteiger partial charge in [0.05, 0.1) is 18.3 Å². The molecule has 0 aromatic carbocycles. The highest BCUT2D eigenvalue weighted by atomic mass is 79.9. The van der Waals surface area contributed by atoms with E-state index in [0.717, 1.165) is 9.94 Å². The van der Waals surface area contributed by atoms with Gasteiger partial charge in [0.1, 0.15) is 0 Å². The van der Waals surface area contributed by atoms with E-state index in [4.69, 9.17) is 14.0 Å². The molecular weight excluding hydrogens is 297 g/mol. The number of hydrogen-bond acceptors (Lipinski definition) is 4. The van der Waals surface area contributed by atoms with E-state index >= 15 is 0 Å². The number of methoxy groups -OCH3 is 1. The summed E-state index contributed by atoms with van der Waals surface area (Å²) >= 11 is 3.47. The van der Waals surface area contributed by atoms with Crippen LogP contribution in [0.1, 0.15) is 27.7 Å². The van der Waals surface area contributed by atoms with E-state index in [-0.39, 0.29) is 11.2 Å². The quantitative estimate of drug-likeness (QED) is 0.785. The predicted octanol–water partition coefficient (Wildman–Crippen LogP) is 2.15. The minimum Gasteiger partial charge on any atom is -0.481 e. The molecule has 4 nitrogen and oxygen atoms in total. The second-order valence-corrected chi connectivity index (χ2v) is 6.19. The molecule has 1 aliphatic rings. The highest BCUT2D eigenvalue weighted by Crippen LogP contribution is 2.37. The minimum absolute atomic E-state index is 0.354. The molecule has 2 heterocycles. The number of pyridine rings is 1. The van der Waals surface area contributed by atoms with Crippen LogP contribution in [0.4, 0.5) is 0 Å². The van der Waals surface area contributed by atoms with Crippen LogP contribution in [0.25, 0.3) is 0 Å². The first-order valence-electron chi connectivity index (χ1n) is 5.82. The zero-order valence-electron chi connectivity index (χ0n) is 11.3. The summed E-state index contributed by atoms with van der Waals surface area (Å²) in [4.78, 5) is 4.12. The van der Waals surface area contributed by atoms with E-state index in [1.54, 1.807) is 13.3 Å². The summed E-state index contributed by atoms with van der Waals surface area (Å²) in [6.07, 6.45) is 1.69. The molecule has 2 rings (SSSR count). The van der Waals surface area contributed by atoms with E-state index in [1.807, 2.05) is 33.8 Å². The van der Waals surface area contributed by atoms with Crippen molar-refractivity contribution in [2.75, 3.05) is 7.11 Å². The van der Waals surface area contributed by atoms with Crippen LogP contribution in [-0.4, -0.2) is 30.4 Å². The molecule has 0 N–H and O–H groups in total. The Bertz CT molecular complexity index is 449. The van der Waals surface area contributed by atoms with Crippen molar-refractivity contribution in [3.63, 3.8) is 0 Å². The molecule has 0 atom stereocenters. The van der Waals surface area contributed by atoms with Gasteiger partial charge in [0.15, 0.2) is 0 Å². The summed E-state index contributed by atoms with van der Waals surface area (Å²) in [6.45, 7) is 8.11. The maximum absolute atomic E-state index is 5.99. The Kier molecular flexibility index (Phi) is 3.47. The van der Waals surface area contributed by atoms with Crippen molar-refractivity contribution in [2.45, 2.75) is 38.9 Å². The van der Waals surface area contributed by atoms with E-state index < -0.39 is 7.12 Å². The highest BCUT2D eigenvalue weighted by Gasteiger charge is 2.52. The third-order valence-electron chi connectivity index (χ3n) is 3.58. The van der Waals surface area contributed by atoms with Crippen LogP contribution in [-0.2, 0) is 9.31 Å². The average Bonchev–Trinajstić information content (AvgIpc) is 2.48. The highest BCUT2D eigenvalue weighted by molar-refractivity contribution is 9.10. The van der Waals surface area contributed by atoms with E-state index in [1.165, 1.54) is 0 Å². The minimum atomic E-state index is -0.415. The maximum atomic E-state index is 5.99. The number of halogens is 1. The first-order valence-corrected chi connectivity index (χ1v) is 6.61. The van der Waals surface area contributed by atoms with Gasteiger partial charge in [0.2, 0.25) is 5.88 Å². The lowest BCUT2D eigenvalue weighted by Crippen LogP contribution is -2.41. The molecule has 1 aromatic rings. The molecule has 0 bridgehead atoms. The largest absolute Gasteiger partial charge is 0.496 e. The zero-order chi connectivity index (χ0) is 13.6. The van der Waals surface area contributed by atoms with Crippen LogP contribution >= 0.6 is 15.9 Å². The molecule has 0 spiro atoms. The molecule has 1 aliphatic heterocycles. The van der Waals surface area contributed by atoms with Gasteiger partial charge in [-0.05, 0) is 43.6 Å². The summed E-state index contributed by atoms with van der Waals surface area (Å²) < 4.78 is 18.0. The van der Waals surface area contributed by atoms with Gasteiger partial charge in [0.25, 0.3) is 0 Å². The van der Waals surface area contributed by atoms with Gasteiger partial charge in [-0.15, -0.1) is 0 Å². The lowest BCUT2D eigenvalue weighted by molar-refractivity contribution is 0.00578. The van der Waals surface area contributed by atoms with Crippen LogP contribution in [0.3, 0.4) is 0 Å². The van der Waals surface area contributed by atoms with Crippen molar-refractivity contribution < 1.29 is 14.0 Å². The molecule has 0 amide bonds. The third-order valence-corrected chi connectivity index (χ3v) is 4.24. The van der Waals surface area contributed by atoms with E-state index in [9.17, 15) is 0 Å². The molecule has 0 aliphatic carbocycles. The van der Waals surface area contributed by atoms with Crippen molar-refractivity contribution in [3.05, 3.63) is 16.7 Å².